The lowest BCUT2D eigenvalue weighted by Crippen LogP contribution is -2.46. The molecule has 0 amide bonds. The van der Waals surface area contributed by atoms with Crippen LogP contribution in [0.5, 0.6) is 5.75 Å². The number of hydrogen-bond acceptors (Lipinski definition) is 9. The summed E-state index contributed by atoms with van der Waals surface area (Å²) in [5, 5.41) is 10.4. The molecule has 4 aromatic rings. The molecular formula is C25H29N9O. The third-order valence-electron chi connectivity index (χ3n) is 5.99. The fourth-order valence-electron chi connectivity index (χ4n) is 4.19. The van der Waals surface area contributed by atoms with Gasteiger partial charge in [0.1, 0.15) is 17.4 Å². The summed E-state index contributed by atoms with van der Waals surface area (Å²) in [6, 6.07) is 9.82. The fourth-order valence-corrected chi connectivity index (χ4v) is 4.19. The van der Waals surface area contributed by atoms with E-state index in [2.05, 4.69) is 40.3 Å². The standard InChI is InChI=1S/C25H29N9O/c1-17-12-22(29-23-13-18(2)31-32-23)30-25(28-17)19-4-5-24(27-15-19)34-10-8-33(9-11-34)16-20-14-26-7-6-21(20)35-3/h4-7,12-15H,8-11,16H2,1-3H3,(H2,28,29,30,31,32). The van der Waals surface area contributed by atoms with Crippen LogP contribution in [0.15, 0.2) is 48.9 Å². The molecule has 0 saturated carbocycles. The molecule has 1 aliphatic rings. The fraction of sp³-hybridized carbons (Fsp3) is 0.320. The van der Waals surface area contributed by atoms with Crippen LogP contribution >= 0.6 is 0 Å². The molecule has 0 bridgehead atoms. The topological polar surface area (TPSA) is 108 Å². The smallest absolute Gasteiger partial charge is 0.163 e. The van der Waals surface area contributed by atoms with Crippen LogP contribution in [0.4, 0.5) is 17.5 Å². The van der Waals surface area contributed by atoms with Gasteiger partial charge in [-0.15, -0.1) is 0 Å². The molecule has 180 valence electrons. The number of hydrogen-bond donors (Lipinski definition) is 2. The van der Waals surface area contributed by atoms with Gasteiger partial charge in [-0.2, -0.15) is 5.10 Å². The van der Waals surface area contributed by atoms with E-state index in [1.54, 1.807) is 13.3 Å². The van der Waals surface area contributed by atoms with E-state index in [9.17, 15) is 0 Å². The first kappa shape index (κ1) is 22.7. The van der Waals surface area contributed by atoms with Gasteiger partial charge < -0.3 is 15.0 Å². The Hall–Kier alpha value is -4.05. The van der Waals surface area contributed by atoms with Gasteiger partial charge in [-0.1, -0.05) is 0 Å². The number of aromatic amines is 1. The van der Waals surface area contributed by atoms with Gasteiger partial charge in [0.2, 0.25) is 0 Å². The molecule has 1 saturated heterocycles. The van der Waals surface area contributed by atoms with Gasteiger partial charge in [0, 0.05) is 86.0 Å². The number of aromatic nitrogens is 6. The second-order valence-corrected chi connectivity index (χ2v) is 8.64. The Morgan fingerprint density at radius 1 is 1.00 bits per heavy atom. The molecule has 0 spiro atoms. The minimum atomic E-state index is 0.633. The van der Waals surface area contributed by atoms with Crippen molar-refractivity contribution in [2.45, 2.75) is 20.4 Å². The van der Waals surface area contributed by atoms with E-state index in [1.165, 1.54) is 0 Å². The van der Waals surface area contributed by atoms with Crippen molar-refractivity contribution < 1.29 is 4.74 Å². The highest BCUT2D eigenvalue weighted by Gasteiger charge is 2.19. The highest BCUT2D eigenvalue weighted by Crippen LogP contribution is 2.23. The number of anilines is 3. The third kappa shape index (κ3) is 5.38. The van der Waals surface area contributed by atoms with E-state index in [0.29, 0.717) is 11.6 Å². The zero-order valence-electron chi connectivity index (χ0n) is 20.2. The van der Waals surface area contributed by atoms with Gasteiger partial charge in [0.05, 0.1) is 7.11 Å². The van der Waals surface area contributed by atoms with E-state index in [4.69, 9.17) is 9.72 Å². The number of piperazine rings is 1. The van der Waals surface area contributed by atoms with Crippen LogP contribution in [0.2, 0.25) is 0 Å². The zero-order chi connectivity index (χ0) is 24.2. The largest absolute Gasteiger partial charge is 0.496 e. The minimum Gasteiger partial charge on any atom is -0.496 e. The van der Waals surface area contributed by atoms with Crippen molar-refractivity contribution in [2.75, 3.05) is 43.5 Å². The highest BCUT2D eigenvalue weighted by molar-refractivity contribution is 5.61. The first-order chi connectivity index (χ1) is 17.1. The maximum Gasteiger partial charge on any atom is 0.163 e. The lowest BCUT2D eigenvalue weighted by molar-refractivity contribution is 0.245. The van der Waals surface area contributed by atoms with Crippen molar-refractivity contribution >= 4 is 17.5 Å². The first-order valence-electron chi connectivity index (χ1n) is 11.6. The van der Waals surface area contributed by atoms with Crippen molar-refractivity contribution in [2.24, 2.45) is 0 Å². The van der Waals surface area contributed by atoms with Crippen LogP contribution in [0.3, 0.4) is 0 Å². The van der Waals surface area contributed by atoms with E-state index in [-0.39, 0.29) is 0 Å². The number of nitrogens with zero attached hydrogens (tertiary/aromatic N) is 7. The average Bonchev–Trinajstić information content (AvgIpc) is 3.29. The van der Waals surface area contributed by atoms with Crippen LogP contribution < -0.4 is 15.0 Å². The molecule has 1 fully saturated rings. The molecule has 2 N–H and O–H groups in total. The minimum absolute atomic E-state index is 0.633. The van der Waals surface area contributed by atoms with Crippen LogP contribution in [-0.2, 0) is 6.54 Å². The molecule has 10 nitrogen and oxygen atoms in total. The van der Waals surface area contributed by atoms with Crippen molar-refractivity contribution in [3.05, 3.63) is 65.9 Å². The maximum absolute atomic E-state index is 5.46. The zero-order valence-corrected chi connectivity index (χ0v) is 20.2. The van der Waals surface area contributed by atoms with E-state index < -0.39 is 0 Å². The Morgan fingerprint density at radius 2 is 1.86 bits per heavy atom. The average molecular weight is 472 g/mol. The number of ether oxygens (including phenoxy) is 1. The number of H-pyrrole nitrogens is 1. The van der Waals surface area contributed by atoms with Gasteiger partial charge in [-0.05, 0) is 32.0 Å². The van der Waals surface area contributed by atoms with Gasteiger partial charge >= 0.3 is 0 Å². The van der Waals surface area contributed by atoms with Crippen molar-refractivity contribution in [3.63, 3.8) is 0 Å². The summed E-state index contributed by atoms with van der Waals surface area (Å²) in [6.07, 6.45) is 5.49. The lowest BCUT2D eigenvalue weighted by Gasteiger charge is -2.35. The molecule has 0 radical (unpaired) electrons. The molecule has 0 atom stereocenters. The van der Waals surface area contributed by atoms with Crippen LogP contribution in [0.25, 0.3) is 11.4 Å². The quantitative estimate of drug-likeness (QED) is 0.419. The van der Waals surface area contributed by atoms with Gasteiger partial charge in [-0.25, -0.2) is 15.0 Å². The van der Waals surface area contributed by atoms with Gasteiger partial charge in [0.25, 0.3) is 0 Å². The summed E-state index contributed by atoms with van der Waals surface area (Å²) in [6.45, 7) is 8.46. The summed E-state index contributed by atoms with van der Waals surface area (Å²) in [4.78, 5) is 23.0. The van der Waals surface area contributed by atoms with Crippen molar-refractivity contribution in [3.8, 4) is 17.1 Å². The third-order valence-corrected chi connectivity index (χ3v) is 5.99. The van der Waals surface area contributed by atoms with Crippen LogP contribution in [0.1, 0.15) is 17.0 Å². The van der Waals surface area contributed by atoms with E-state index >= 15 is 0 Å². The lowest BCUT2D eigenvalue weighted by atomic mass is 10.2. The van der Waals surface area contributed by atoms with Crippen molar-refractivity contribution in [1.82, 2.24) is 35.0 Å². The van der Waals surface area contributed by atoms with Crippen LogP contribution in [-0.4, -0.2) is 68.3 Å². The van der Waals surface area contributed by atoms with Gasteiger partial charge in [-0.3, -0.25) is 15.0 Å². The molecule has 4 aromatic heterocycles. The molecule has 10 heteroatoms. The second kappa shape index (κ2) is 10.1. The summed E-state index contributed by atoms with van der Waals surface area (Å²) in [7, 11) is 1.70. The number of aryl methyl sites for hydroxylation is 2. The molecular weight excluding hydrogens is 442 g/mol. The highest BCUT2D eigenvalue weighted by atomic mass is 16.5. The Morgan fingerprint density at radius 3 is 2.57 bits per heavy atom. The van der Waals surface area contributed by atoms with E-state index in [0.717, 1.165) is 72.6 Å². The molecule has 0 aliphatic carbocycles. The van der Waals surface area contributed by atoms with Crippen LogP contribution in [0, 0.1) is 13.8 Å². The Balaban J connectivity index is 1.23. The van der Waals surface area contributed by atoms with Gasteiger partial charge in [0.15, 0.2) is 11.6 Å². The number of rotatable bonds is 7. The normalized spacial score (nSPS) is 14.2. The predicted molar refractivity (Wildman–Crippen MR) is 135 cm³/mol. The monoisotopic (exact) mass is 471 g/mol. The number of nitrogens with one attached hydrogen (secondary N) is 2. The number of pyridine rings is 2. The first-order valence-corrected chi connectivity index (χ1v) is 11.6. The number of methoxy groups -OCH3 is 1. The summed E-state index contributed by atoms with van der Waals surface area (Å²) in [5.74, 6) is 3.90. The maximum atomic E-state index is 5.46. The second-order valence-electron chi connectivity index (χ2n) is 8.64. The molecule has 5 rings (SSSR count). The molecule has 0 aromatic carbocycles. The summed E-state index contributed by atoms with van der Waals surface area (Å²) >= 11 is 0. The Kier molecular flexibility index (Phi) is 6.53. The van der Waals surface area contributed by atoms with Crippen molar-refractivity contribution in [1.29, 1.82) is 0 Å². The Bertz CT molecular complexity index is 1280. The molecule has 0 unspecified atom stereocenters. The van der Waals surface area contributed by atoms with E-state index in [1.807, 2.05) is 56.6 Å². The molecule has 5 heterocycles. The summed E-state index contributed by atoms with van der Waals surface area (Å²) < 4.78 is 5.46. The summed E-state index contributed by atoms with van der Waals surface area (Å²) in [5.41, 5.74) is 3.84. The predicted octanol–water partition coefficient (Wildman–Crippen LogP) is 3.35. The Labute approximate surface area is 204 Å². The molecule has 1 aliphatic heterocycles. The molecule has 35 heavy (non-hydrogen) atoms. The SMILES string of the molecule is COc1ccncc1CN1CCN(c2ccc(-c3nc(C)cc(Nc4cc(C)[nH]n4)n3)cn2)CC1.